The van der Waals surface area contributed by atoms with Crippen LogP contribution in [-0.2, 0) is 16.8 Å². The van der Waals surface area contributed by atoms with Crippen molar-refractivity contribution in [2.24, 2.45) is 0 Å². The van der Waals surface area contributed by atoms with Crippen LogP contribution in [0.3, 0.4) is 0 Å². The van der Waals surface area contributed by atoms with Gasteiger partial charge < -0.3 is 9.47 Å². The first kappa shape index (κ1) is 16.5. The molecule has 2 saturated carbocycles. The van der Waals surface area contributed by atoms with Crippen molar-refractivity contribution in [3.63, 3.8) is 0 Å². The van der Waals surface area contributed by atoms with Crippen LogP contribution in [0.25, 0.3) is 11.0 Å². The Labute approximate surface area is 168 Å². The predicted molar refractivity (Wildman–Crippen MR) is 109 cm³/mol. The maximum Gasteiger partial charge on any atom is 0.238 e. The van der Waals surface area contributed by atoms with Crippen molar-refractivity contribution in [1.29, 1.82) is 0 Å². The van der Waals surface area contributed by atoms with Gasteiger partial charge in [-0.2, -0.15) is 0 Å². The number of benzene rings is 1. The standard InChI is InChI=1S/C22H21ClN4O/c23-14-5-6-18-17(11-14)25-20(27(18)15-3-1-2-4-15)13-26-19-12-24-10-7-16(19)22(8-9-22)21(26)28/h5-7,10-12,15H,1-4,8-9,13H2. The average molecular weight is 393 g/mol. The summed E-state index contributed by atoms with van der Waals surface area (Å²) in [6, 6.07) is 8.38. The number of hydrogen-bond acceptors (Lipinski definition) is 3. The summed E-state index contributed by atoms with van der Waals surface area (Å²) in [6.07, 6.45) is 10.3. The zero-order chi connectivity index (χ0) is 18.9. The molecular formula is C22H21ClN4O. The van der Waals surface area contributed by atoms with Gasteiger partial charge in [-0.05, 0) is 55.5 Å². The molecule has 5 nitrogen and oxygen atoms in total. The summed E-state index contributed by atoms with van der Waals surface area (Å²) < 4.78 is 2.36. The minimum absolute atomic E-state index is 0.207. The van der Waals surface area contributed by atoms with Gasteiger partial charge in [-0.25, -0.2) is 4.98 Å². The summed E-state index contributed by atoms with van der Waals surface area (Å²) in [7, 11) is 0. The summed E-state index contributed by atoms with van der Waals surface area (Å²) in [4.78, 5) is 24.4. The molecule has 0 unspecified atom stereocenters. The number of carbonyl (C=O) groups is 1. The maximum atomic E-state index is 13.3. The Balaban J connectivity index is 1.47. The monoisotopic (exact) mass is 392 g/mol. The number of hydrogen-bond donors (Lipinski definition) is 0. The lowest BCUT2D eigenvalue weighted by atomic mass is 9.99. The summed E-state index contributed by atoms with van der Waals surface area (Å²) in [5.74, 6) is 1.16. The topological polar surface area (TPSA) is 51.0 Å². The van der Waals surface area contributed by atoms with E-state index in [4.69, 9.17) is 16.6 Å². The highest BCUT2D eigenvalue weighted by Gasteiger charge is 2.59. The molecular weight excluding hydrogens is 372 g/mol. The summed E-state index contributed by atoms with van der Waals surface area (Å²) in [5, 5.41) is 0.693. The molecule has 6 rings (SSSR count). The fraction of sp³-hybridized carbons (Fsp3) is 0.409. The van der Waals surface area contributed by atoms with Crippen molar-refractivity contribution in [1.82, 2.24) is 14.5 Å². The Morgan fingerprint density at radius 3 is 2.79 bits per heavy atom. The smallest absolute Gasteiger partial charge is 0.238 e. The van der Waals surface area contributed by atoms with Crippen molar-refractivity contribution in [3.05, 3.63) is 53.1 Å². The fourth-order valence-electron chi connectivity index (χ4n) is 5.20. The lowest BCUT2D eigenvalue weighted by molar-refractivity contribution is -0.120. The normalized spacial score (nSPS) is 20.5. The number of imidazole rings is 1. The molecule has 0 N–H and O–H groups in total. The molecule has 2 fully saturated rings. The van der Waals surface area contributed by atoms with Crippen LogP contribution in [0.5, 0.6) is 0 Å². The Bertz CT molecular complexity index is 1110. The number of anilines is 1. The van der Waals surface area contributed by atoms with Crippen molar-refractivity contribution in [2.75, 3.05) is 4.90 Å². The van der Waals surface area contributed by atoms with E-state index < -0.39 is 0 Å². The highest BCUT2D eigenvalue weighted by molar-refractivity contribution is 6.31. The molecule has 6 heteroatoms. The molecule has 0 atom stereocenters. The molecule has 3 aromatic rings. The van der Waals surface area contributed by atoms with Gasteiger partial charge in [0.1, 0.15) is 5.82 Å². The van der Waals surface area contributed by atoms with Crippen molar-refractivity contribution in [3.8, 4) is 0 Å². The molecule has 3 heterocycles. The van der Waals surface area contributed by atoms with Gasteiger partial charge in [0.05, 0.1) is 34.9 Å². The lowest BCUT2D eigenvalue weighted by Crippen LogP contribution is -2.32. The van der Waals surface area contributed by atoms with Gasteiger partial charge in [-0.3, -0.25) is 9.78 Å². The lowest BCUT2D eigenvalue weighted by Gasteiger charge is -2.21. The molecule has 0 bridgehead atoms. The number of carbonyl (C=O) groups excluding carboxylic acids is 1. The van der Waals surface area contributed by atoms with E-state index >= 15 is 0 Å². The van der Waals surface area contributed by atoms with E-state index in [1.54, 1.807) is 6.20 Å². The fourth-order valence-corrected chi connectivity index (χ4v) is 5.37. The Morgan fingerprint density at radius 2 is 2.00 bits per heavy atom. The van der Waals surface area contributed by atoms with Crippen molar-refractivity contribution in [2.45, 2.75) is 56.5 Å². The Morgan fingerprint density at radius 1 is 1.18 bits per heavy atom. The van der Waals surface area contributed by atoms with Crippen LogP contribution < -0.4 is 4.90 Å². The van der Waals surface area contributed by atoms with Crippen LogP contribution in [0.2, 0.25) is 5.02 Å². The second kappa shape index (κ2) is 5.80. The van der Waals surface area contributed by atoms with E-state index in [-0.39, 0.29) is 11.3 Å². The molecule has 1 amide bonds. The zero-order valence-electron chi connectivity index (χ0n) is 15.6. The van der Waals surface area contributed by atoms with E-state index in [9.17, 15) is 4.79 Å². The van der Waals surface area contributed by atoms with E-state index in [0.29, 0.717) is 17.6 Å². The highest BCUT2D eigenvalue weighted by atomic mass is 35.5. The molecule has 0 radical (unpaired) electrons. The van der Waals surface area contributed by atoms with Crippen molar-refractivity contribution < 1.29 is 4.79 Å². The van der Waals surface area contributed by atoms with Crippen LogP contribution in [0.1, 0.15) is 56.0 Å². The summed E-state index contributed by atoms with van der Waals surface area (Å²) in [6.45, 7) is 0.488. The summed E-state index contributed by atoms with van der Waals surface area (Å²) >= 11 is 6.22. The van der Waals surface area contributed by atoms with E-state index in [2.05, 4.69) is 15.6 Å². The molecule has 2 aromatic heterocycles. The second-order valence-electron chi connectivity index (χ2n) is 8.34. The first-order valence-corrected chi connectivity index (χ1v) is 10.5. The second-order valence-corrected chi connectivity index (χ2v) is 8.77. The largest absolute Gasteiger partial charge is 0.323 e. The third kappa shape index (κ3) is 2.23. The van der Waals surface area contributed by atoms with Crippen LogP contribution in [0.4, 0.5) is 5.69 Å². The van der Waals surface area contributed by atoms with Gasteiger partial charge in [0.25, 0.3) is 0 Å². The Hall–Kier alpha value is -2.40. The van der Waals surface area contributed by atoms with Crippen LogP contribution in [0, 0.1) is 0 Å². The molecule has 1 aromatic carbocycles. The number of fused-ring (bicyclic) bond motifs is 3. The number of halogens is 1. The van der Waals surface area contributed by atoms with Gasteiger partial charge in [-0.15, -0.1) is 0 Å². The molecule has 1 aliphatic heterocycles. The van der Waals surface area contributed by atoms with Gasteiger partial charge in [0.15, 0.2) is 0 Å². The number of aromatic nitrogens is 3. The summed E-state index contributed by atoms with van der Waals surface area (Å²) in [5.41, 5.74) is 3.82. The average Bonchev–Trinajstić information content (AvgIpc) is 3.08. The van der Waals surface area contributed by atoms with Gasteiger partial charge in [-0.1, -0.05) is 24.4 Å². The minimum Gasteiger partial charge on any atom is -0.323 e. The third-order valence-electron chi connectivity index (χ3n) is 6.72. The van der Waals surface area contributed by atoms with E-state index in [1.807, 2.05) is 29.3 Å². The number of pyridine rings is 1. The molecule has 2 aliphatic carbocycles. The third-order valence-corrected chi connectivity index (χ3v) is 6.96. The van der Waals surface area contributed by atoms with Crippen molar-refractivity contribution >= 4 is 34.2 Å². The molecule has 0 saturated heterocycles. The molecule has 1 spiro atoms. The van der Waals surface area contributed by atoms with E-state index in [1.165, 1.54) is 12.8 Å². The molecule has 142 valence electrons. The quantitative estimate of drug-likeness (QED) is 0.644. The van der Waals surface area contributed by atoms with E-state index in [0.717, 1.165) is 53.8 Å². The van der Waals surface area contributed by atoms with Crippen LogP contribution >= 0.6 is 11.6 Å². The van der Waals surface area contributed by atoms with Gasteiger partial charge >= 0.3 is 0 Å². The molecule has 3 aliphatic rings. The van der Waals surface area contributed by atoms with Crippen LogP contribution in [-0.4, -0.2) is 20.4 Å². The first-order chi connectivity index (χ1) is 13.7. The maximum absolute atomic E-state index is 13.3. The number of rotatable bonds is 3. The minimum atomic E-state index is -0.300. The van der Waals surface area contributed by atoms with Gasteiger partial charge in [0.2, 0.25) is 5.91 Å². The first-order valence-electron chi connectivity index (χ1n) is 10.1. The van der Waals surface area contributed by atoms with Crippen LogP contribution in [0.15, 0.2) is 36.7 Å². The predicted octanol–water partition coefficient (Wildman–Crippen LogP) is 4.78. The number of nitrogens with zero attached hydrogens (tertiary/aromatic N) is 4. The molecule has 28 heavy (non-hydrogen) atoms. The van der Waals surface area contributed by atoms with Gasteiger partial charge in [0, 0.05) is 17.3 Å². The number of amides is 1. The SMILES string of the molecule is O=C1N(Cc2nc3cc(Cl)ccc3n2C2CCCC2)c2cnccc2C12CC2. The zero-order valence-corrected chi connectivity index (χ0v) is 16.3. The Kier molecular flexibility index (Phi) is 3.43. The highest BCUT2D eigenvalue weighted by Crippen LogP contribution is 2.57.